The minimum Gasteiger partial charge on any atom is -0.211 e. The summed E-state index contributed by atoms with van der Waals surface area (Å²) in [5.41, 5.74) is 0.0604. The molecule has 1 atom stereocenters. The molecule has 0 heterocycles. The molecule has 1 unspecified atom stereocenters. The zero-order valence-corrected chi connectivity index (χ0v) is 8.45. The SMILES string of the molecule is N#CC(N=C=O)c1cc(Br)ccc1F. The lowest BCUT2D eigenvalue weighted by Crippen LogP contribution is -1.95. The van der Waals surface area contributed by atoms with Gasteiger partial charge in [0.05, 0.1) is 6.07 Å². The van der Waals surface area contributed by atoms with Crippen molar-refractivity contribution in [3.63, 3.8) is 0 Å². The van der Waals surface area contributed by atoms with Crippen molar-refractivity contribution < 1.29 is 9.18 Å². The number of aliphatic imine (C=N–C) groups is 1. The van der Waals surface area contributed by atoms with Crippen LogP contribution in [0.25, 0.3) is 0 Å². The van der Waals surface area contributed by atoms with Crippen LogP contribution in [0.1, 0.15) is 11.6 Å². The lowest BCUT2D eigenvalue weighted by Gasteiger charge is -2.03. The molecule has 0 fully saturated rings. The van der Waals surface area contributed by atoms with E-state index in [1.807, 2.05) is 0 Å². The molecule has 0 N–H and O–H groups in total. The van der Waals surface area contributed by atoms with E-state index in [1.165, 1.54) is 24.3 Å². The predicted molar refractivity (Wildman–Crippen MR) is 50.6 cm³/mol. The highest BCUT2D eigenvalue weighted by molar-refractivity contribution is 9.10. The number of carbonyl (C=O) groups excluding carboxylic acids is 1. The van der Waals surface area contributed by atoms with Crippen LogP contribution in [0.4, 0.5) is 4.39 Å². The van der Waals surface area contributed by atoms with Crippen molar-refractivity contribution in [3.05, 3.63) is 34.1 Å². The molecular formula is C9H4BrFN2O. The van der Waals surface area contributed by atoms with Gasteiger partial charge in [-0.1, -0.05) is 15.9 Å². The Morgan fingerprint density at radius 3 is 2.86 bits per heavy atom. The molecule has 70 valence electrons. The van der Waals surface area contributed by atoms with E-state index in [4.69, 9.17) is 5.26 Å². The summed E-state index contributed by atoms with van der Waals surface area (Å²) in [5.74, 6) is -0.571. The van der Waals surface area contributed by atoms with Crippen LogP contribution in [0.3, 0.4) is 0 Å². The molecule has 0 bridgehead atoms. The summed E-state index contributed by atoms with van der Waals surface area (Å²) in [6, 6.07) is 4.67. The highest BCUT2D eigenvalue weighted by Gasteiger charge is 2.14. The van der Waals surface area contributed by atoms with Gasteiger partial charge >= 0.3 is 0 Å². The largest absolute Gasteiger partial charge is 0.236 e. The van der Waals surface area contributed by atoms with Gasteiger partial charge in [0.15, 0.2) is 6.04 Å². The number of hydrogen-bond acceptors (Lipinski definition) is 3. The van der Waals surface area contributed by atoms with Gasteiger partial charge in [0, 0.05) is 10.0 Å². The number of nitrogens with zero attached hydrogens (tertiary/aromatic N) is 2. The predicted octanol–water partition coefficient (Wildman–Crippen LogP) is 2.49. The Labute approximate surface area is 88.0 Å². The van der Waals surface area contributed by atoms with Crippen molar-refractivity contribution >= 4 is 22.0 Å². The maximum Gasteiger partial charge on any atom is 0.236 e. The van der Waals surface area contributed by atoms with Gasteiger partial charge < -0.3 is 0 Å². The first-order chi connectivity index (χ1) is 6.69. The zero-order valence-electron chi connectivity index (χ0n) is 6.87. The molecule has 0 saturated carbocycles. The maximum absolute atomic E-state index is 13.2. The summed E-state index contributed by atoms with van der Waals surface area (Å²) in [6.45, 7) is 0. The minimum atomic E-state index is -1.13. The van der Waals surface area contributed by atoms with E-state index in [2.05, 4.69) is 20.9 Å². The molecule has 0 radical (unpaired) electrons. The van der Waals surface area contributed by atoms with Gasteiger partial charge in [0.1, 0.15) is 5.82 Å². The van der Waals surface area contributed by atoms with Crippen LogP contribution in [0, 0.1) is 17.1 Å². The summed E-state index contributed by atoms with van der Waals surface area (Å²) in [7, 11) is 0. The van der Waals surface area contributed by atoms with Crippen molar-refractivity contribution in [2.75, 3.05) is 0 Å². The zero-order chi connectivity index (χ0) is 10.6. The maximum atomic E-state index is 13.2. The Morgan fingerprint density at radius 1 is 1.57 bits per heavy atom. The van der Waals surface area contributed by atoms with Gasteiger partial charge in [0.2, 0.25) is 6.08 Å². The molecule has 0 spiro atoms. The summed E-state index contributed by atoms with van der Waals surface area (Å²) in [4.78, 5) is 13.2. The van der Waals surface area contributed by atoms with Gasteiger partial charge in [-0.2, -0.15) is 10.3 Å². The number of nitriles is 1. The van der Waals surface area contributed by atoms with E-state index in [1.54, 1.807) is 6.07 Å². The Kier molecular flexibility index (Phi) is 3.52. The quantitative estimate of drug-likeness (QED) is 0.602. The number of benzene rings is 1. The Morgan fingerprint density at radius 2 is 2.29 bits per heavy atom. The third-order valence-electron chi connectivity index (χ3n) is 1.56. The molecule has 0 aliphatic carbocycles. The summed E-state index contributed by atoms with van der Waals surface area (Å²) in [6.07, 6.45) is 1.23. The molecule has 5 heteroatoms. The van der Waals surface area contributed by atoms with E-state index in [0.29, 0.717) is 4.47 Å². The van der Waals surface area contributed by atoms with E-state index in [9.17, 15) is 9.18 Å². The third kappa shape index (κ3) is 2.25. The molecule has 0 aliphatic rings. The molecule has 0 amide bonds. The van der Waals surface area contributed by atoms with Crippen LogP contribution in [0.5, 0.6) is 0 Å². The number of rotatable bonds is 2. The van der Waals surface area contributed by atoms with Crippen molar-refractivity contribution in [2.45, 2.75) is 6.04 Å². The van der Waals surface area contributed by atoms with Gasteiger partial charge in [-0.05, 0) is 18.2 Å². The first-order valence-corrected chi connectivity index (χ1v) is 4.40. The Hall–Kier alpha value is -1.50. The normalized spacial score (nSPS) is 11.2. The molecule has 1 rings (SSSR count). The van der Waals surface area contributed by atoms with Crippen LogP contribution in [0.2, 0.25) is 0 Å². The van der Waals surface area contributed by atoms with Crippen molar-refractivity contribution in [1.82, 2.24) is 0 Å². The fourth-order valence-corrected chi connectivity index (χ4v) is 1.32. The highest BCUT2D eigenvalue weighted by atomic mass is 79.9. The number of hydrogen-bond donors (Lipinski definition) is 0. The second-order valence-electron chi connectivity index (χ2n) is 2.42. The van der Waals surface area contributed by atoms with Gasteiger partial charge in [0.25, 0.3) is 0 Å². The first-order valence-electron chi connectivity index (χ1n) is 3.60. The minimum absolute atomic E-state index is 0.0604. The van der Waals surface area contributed by atoms with Crippen LogP contribution in [-0.4, -0.2) is 6.08 Å². The van der Waals surface area contributed by atoms with Gasteiger partial charge in [-0.25, -0.2) is 9.18 Å². The smallest absolute Gasteiger partial charge is 0.211 e. The molecule has 14 heavy (non-hydrogen) atoms. The molecule has 3 nitrogen and oxygen atoms in total. The summed E-state index contributed by atoms with van der Waals surface area (Å²) in [5, 5.41) is 8.62. The van der Waals surface area contributed by atoms with Crippen molar-refractivity contribution in [2.24, 2.45) is 4.99 Å². The molecule has 1 aromatic rings. The van der Waals surface area contributed by atoms with E-state index in [-0.39, 0.29) is 5.56 Å². The lowest BCUT2D eigenvalue weighted by atomic mass is 10.1. The van der Waals surface area contributed by atoms with Crippen LogP contribution in [0.15, 0.2) is 27.7 Å². The van der Waals surface area contributed by atoms with Crippen molar-refractivity contribution in [3.8, 4) is 6.07 Å². The second kappa shape index (κ2) is 4.66. The number of halogens is 2. The number of isocyanates is 1. The average Bonchev–Trinajstić information content (AvgIpc) is 2.18. The van der Waals surface area contributed by atoms with Crippen LogP contribution >= 0.6 is 15.9 Å². The van der Waals surface area contributed by atoms with Gasteiger partial charge in [-0.15, -0.1) is 0 Å². The Bertz CT molecular complexity index is 435. The van der Waals surface area contributed by atoms with E-state index < -0.39 is 11.9 Å². The highest BCUT2D eigenvalue weighted by Crippen LogP contribution is 2.23. The molecule has 0 aliphatic heterocycles. The Balaban J connectivity index is 3.23. The van der Waals surface area contributed by atoms with Crippen LogP contribution < -0.4 is 0 Å². The molecule has 0 saturated heterocycles. The molecule has 0 aromatic heterocycles. The fourth-order valence-electron chi connectivity index (χ4n) is 0.945. The standard InChI is InChI=1S/C9H4BrFN2O/c10-6-1-2-8(11)7(3-6)9(4-12)13-5-14/h1-3,9H. The van der Waals surface area contributed by atoms with E-state index in [0.717, 1.165) is 0 Å². The van der Waals surface area contributed by atoms with Crippen molar-refractivity contribution in [1.29, 1.82) is 5.26 Å². The molecular weight excluding hydrogens is 251 g/mol. The van der Waals surface area contributed by atoms with E-state index >= 15 is 0 Å². The monoisotopic (exact) mass is 254 g/mol. The van der Waals surface area contributed by atoms with Gasteiger partial charge in [-0.3, -0.25) is 0 Å². The third-order valence-corrected chi connectivity index (χ3v) is 2.05. The summed E-state index contributed by atoms with van der Waals surface area (Å²) >= 11 is 3.13. The summed E-state index contributed by atoms with van der Waals surface area (Å²) < 4.78 is 13.8. The second-order valence-corrected chi connectivity index (χ2v) is 3.33. The first kappa shape index (κ1) is 10.6. The topological polar surface area (TPSA) is 53.2 Å². The lowest BCUT2D eigenvalue weighted by molar-refractivity contribution is 0.559. The van der Waals surface area contributed by atoms with Crippen LogP contribution in [-0.2, 0) is 4.79 Å². The fraction of sp³-hybridized carbons (Fsp3) is 0.111. The average molecular weight is 255 g/mol. The molecule has 1 aromatic carbocycles.